The molecule has 0 saturated carbocycles. The Morgan fingerprint density at radius 3 is 2.54 bits per heavy atom. The summed E-state index contributed by atoms with van der Waals surface area (Å²) in [5.74, 6) is -0.466. The fourth-order valence-corrected chi connectivity index (χ4v) is 3.50. The van der Waals surface area contributed by atoms with Gasteiger partial charge in [0.25, 0.3) is 5.91 Å². The predicted molar refractivity (Wildman–Crippen MR) is 97.3 cm³/mol. The molecule has 7 nitrogen and oxygen atoms in total. The lowest BCUT2D eigenvalue weighted by molar-refractivity contribution is -0.123. The third kappa shape index (κ3) is 3.54. The molecule has 2 aliphatic rings. The van der Waals surface area contributed by atoms with E-state index in [1.165, 1.54) is 4.90 Å². The van der Waals surface area contributed by atoms with Crippen molar-refractivity contribution in [3.63, 3.8) is 0 Å². The fourth-order valence-electron chi connectivity index (χ4n) is 3.32. The number of halogens is 1. The standard InChI is InChI=1S/C18H22ClN3O4/c1-3-26-18(25)21-8-6-20(7-9-21)15-11-16(23)22(17(15)24)13-5-4-12(2)14(19)10-13/h4-5,10,15H,3,6-9,11H2,1-2H3/t15-/m1/s1. The van der Waals surface area contributed by atoms with Gasteiger partial charge in [0.2, 0.25) is 5.91 Å². The van der Waals surface area contributed by atoms with E-state index in [1.807, 2.05) is 11.8 Å². The molecule has 0 radical (unpaired) electrons. The summed E-state index contributed by atoms with van der Waals surface area (Å²) in [5, 5.41) is 0.523. The molecule has 3 rings (SSSR count). The Kier molecular flexibility index (Phi) is 5.48. The molecule has 0 aromatic heterocycles. The molecule has 8 heteroatoms. The topological polar surface area (TPSA) is 70.2 Å². The fraction of sp³-hybridized carbons (Fsp3) is 0.500. The monoisotopic (exact) mass is 379 g/mol. The van der Waals surface area contributed by atoms with E-state index in [4.69, 9.17) is 16.3 Å². The van der Waals surface area contributed by atoms with Crippen LogP contribution < -0.4 is 4.90 Å². The average molecular weight is 380 g/mol. The lowest BCUT2D eigenvalue weighted by atomic mass is 10.2. The highest BCUT2D eigenvalue weighted by atomic mass is 35.5. The van der Waals surface area contributed by atoms with Crippen molar-refractivity contribution in [3.05, 3.63) is 28.8 Å². The first-order chi connectivity index (χ1) is 12.4. The van der Waals surface area contributed by atoms with Crippen LogP contribution in [0.25, 0.3) is 0 Å². The number of ether oxygens (including phenoxy) is 1. The van der Waals surface area contributed by atoms with Crippen LogP contribution in [0, 0.1) is 6.92 Å². The molecule has 2 aliphatic heterocycles. The molecule has 0 spiro atoms. The SMILES string of the molecule is CCOC(=O)N1CCN([C@@H]2CC(=O)N(c3ccc(C)c(Cl)c3)C2=O)CC1. The average Bonchev–Trinajstić information content (AvgIpc) is 2.92. The zero-order chi connectivity index (χ0) is 18.8. The summed E-state index contributed by atoms with van der Waals surface area (Å²) in [7, 11) is 0. The van der Waals surface area contributed by atoms with Gasteiger partial charge in [-0.05, 0) is 31.5 Å². The maximum Gasteiger partial charge on any atom is 0.409 e. The van der Waals surface area contributed by atoms with Gasteiger partial charge in [-0.1, -0.05) is 17.7 Å². The van der Waals surface area contributed by atoms with Gasteiger partial charge in [0, 0.05) is 31.2 Å². The van der Waals surface area contributed by atoms with Gasteiger partial charge < -0.3 is 9.64 Å². The summed E-state index contributed by atoms with van der Waals surface area (Å²) in [5.41, 5.74) is 1.39. The number of benzene rings is 1. The van der Waals surface area contributed by atoms with Gasteiger partial charge in [-0.3, -0.25) is 14.5 Å². The molecule has 1 aromatic carbocycles. The maximum absolute atomic E-state index is 12.8. The Hall–Kier alpha value is -2.12. The number of aryl methyl sites for hydroxylation is 1. The highest BCUT2D eigenvalue weighted by Crippen LogP contribution is 2.29. The van der Waals surface area contributed by atoms with Crippen molar-refractivity contribution in [1.82, 2.24) is 9.80 Å². The number of carbonyl (C=O) groups excluding carboxylic acids is 3. The minimum Gasteiger partial charge on any atom is -0.450 e. The first-order valence-electron chi connectivity index (χ1n) is 8.71. The lowest BCUT2D eigenvalue weighted by Gasteiger charge is -2.36. The minimum atomic E-state index is -0.494. The summed E-state index contributed by atoms with van der Waals surface area (Å²) in [6.07, 6.45) is -0.194. The molecule has 3 amide bonds. The molecule has 0 bridgehead atoms. The Morgan fingerprint density at radius 2 is 1.92 bits per heavy atom. The van der Waals surface area contributed by atoms with Gasteiger partial charge in [0.05, 0.1) is 24.8 Å². The number of nitrogens with zero attached hydrogens (tertiary/aromatic N) is 3. The molecular weight excluding hydrogens is 358 g/mol. The molecule has 26 heavy (non-hydrogen) atoms. The van der Waals surface area contributed by atoms with Crippen LogP contribution >= 0.6 is 11.6 Å². The van der Waals surface area contributed by atoms with E-state index in [1.54, 1.807) is 30.0 Å². The van der Waals surface area contributed by atoms with Gasteiger partial charge in [-0.2, -0.15) is 0 Å². The highest BCUT2D eigenvalue weighted by Gasteiger charge is 2.43. The molecule has 0 aliphatic carbocycles. The summed E-state index contributed by atoms with van der Waals surface area (Å²) in [6, 6.07) is 4.68. The Morgan fingerprint density at radius 1 is 1.23 bits per heavy atom. The van der Waals surface area contributed by atoms with Crippen LogP contribution in [-0.4, -0.2) is 66.5 Å². The van der Waals surface area contributed by atoms with Gasteiger partial charge in [0.1, 0.15) is 0 Å². The largest absolute Gasteiger partial charge is 0.450 e. The van der Waals surface area contributed by atoms with Gasteiger partial charge in [0.15, 0.2) is 0 Å². The van der Waals surface area contributed by atoms with E-state index >= 15 is 0 Å². The third-order valence-corrected chi connectivity index (χ3v) is 5.22. The van der Waals surface area contributed by atoms with Crippen LogP contribution in [0.1, 0.15) is 18.9 Å². The molecule has 0 unspecified atom stereocenters. The van der Waals surface area contributed by atoms with Crippen LogP contribution in [0.15, 0.2) is 18.2 Å². The zero-order valence-electron chi connectivity index (χ0n) is 14.9. The second kappa shape index (κ2) is 7.63. The van der Waals surface area contributed by atoms with Gasteiger partial charge in [-0.15, -0.1) is 0 Å². The summed E-state index contributed by atoms with van der Waals surface area (Å²) >= 11 is 6.14. The molecule has 2 fully saturated rings. The van der Waals surface area contributed by atoms with Crippen molar-refractivity contribution in [2.45, 2.75) is 26.3 Å². The number of hydrogen-bond donors (Lipinski definition) is 0. The second-order valence-corrected chi connectivity index (χ2v) is 6.85. The smallest absolute Gasteiger partial charge is 0.409 e. The second-order valence-electron chi connectivity index (χ2n) is 6.44. The van der Waals surface area contributed by atoms with Crippen molar-refractivity contribution in [2.24, 2.45) is 0 Å². The first-order valence-corrected chi connectivity index (χ1v) is 9.09. The van der Waals surface area contributed by atoms with Gasteiger partial charge >= 0.3 is 6.09 Å². The number of hydrogen-bond acceptors (Lipinski definition) is 5. The van der Waals surface area contributed by atoms with E-state index in [9.17, 15) is 14.4 Å². The molecule has 2 saturated heterocycles. The van der Waals surface area contributed by atoms with Gasteiger partial charge in [-0.25, -0.2) is 9.69 Å². The normalized spacial score (nSPS) is 21.4. The number of rotatable bonds is 3. The van der Waals surface area contributed by atoms with E-state index in [0.29, 0.717) is 43.5 Å². The van der Waals surface area contributed by atoms with Crippen molar-refractivity contribution in [3.8, 4) is 0 Å². The number of amides is 3. The van der Waals surface area contributed by atoms with E-state index in [2.05, 4.69) is 0 Å². The summed E-state index contributed by atoms with van der Waals surface area (Å²) < 4.78 is 5.00. The number of anilines is 1. The summed E-state index contributed by atoms with van der Waals surface area (Å²) in [6.45, 7) is 5.99. The van der Waals surface area contributed by atoms with Crippen LogP contribution in [0.4, 0.5) is 10.5 Å². The Balaban J connectivity index is 1.68. The van der Waals surface area contributed by atoms with Crippen LogP contribution in [-0.2, 0) is 14.3 Å². The first kappa shape index (κ1) is 18.7. The van der Waals surface area contributed by atoms with Crippen LogP contribution in [0.3, 0.4) is 0 Å². The quantitative estimate of drug-likeness (QED) is 0.752. The molecule has 140 valence electrons. The molecular formula is C18H22ClN3O4. The van der Waals surface area contributed by atoms with Crippen molar-refractivity contribution >= 4 is 35.2 Å². The zero-order valence-corrected chi connectivity index (χ0v) is 15.7. The summed E-state index contributed by atoms with van der Waals surface area (Å²) in [4.78, 5) is 41.9. The van der Waals surface area contributed by atoms with Crippen LogP contribution in [0.5, 0.6) is 0 Å². The van der Waals surface area contributed by atoms with Crippen LogP contribution in [0.2, 0.25) is 5.02 Å². The predicted octanol–water partition coefficient (Wildman–Crippen LogP) is 2.05. The maximum atomic E-state index is 12.8. The molecule has 0 N–H and O–H groups in total. The molecule has 1 aromatic rings. The minimum absolute atomic E-state index is 0.143. The van der Waals surface area contributed by atoms with E-state index in [0.717, 1.165) is 5.56 Å². The van der Waals surface area contributed by atoms with Crippen molar-refractivity contribution in [2.75, 3.05) is 37.7 Å². The number of piperazine rings is 1. The van der Waals surface area contributed by atoms with Crippen molar-refractivity contribution in [1.29, 1.82) is 0 Å². The molecule has 2 heterocycles. The Labute approximate surface area is 157 Å². The molecule has 1 atom stereocenters. The third-order valence-electron chi connectivity index (χ3n) is 4.82. The highest BCUT2D eigenvalue weighted by molar-refractivity contribution is 6.32. The van der Waals surface area contributed by atoms with E-state index in [-0.39, 0.29) is 24.3 Å². The number of carbonyl (C=O) groups is 3. The van der Waals surface area contributed by atoms with E-state index < -0.39 is 6.04 Å². The Bertz CT molecular complexity index is 731. The van der Waals surface area contributed by atoms with Crippen molar-refractivity contribution < 1.29 is 19.1 Å². The lowest BCUT2D eigenvalue weighted by Crippen LogP contribution is -2.54. The number of imide groups is 1.